The fourth-order valence-corrected chi connectivity index (χ4v) is 3.77. The van der Waals surface area contributed by atoms with Crippen LogP contribution < -0.4 is 14.8 Å². The van der Waals surface area contributed by atoms with Gasteiger partial charge in [0, 0.05) is 17.1 Å². The number of hydrogen-bond donors (Lipinski definition) is 1. The maximum atomic E-state index is 6.24. The van der Waals surface area contributed by atoms with Crippen molar-refractivity contribution in [3.05, 3.63) is 57.0 Å². The normalized spacial score (nSPS) is 10.9. The topological polar surface area (TPSA) is 30.5 Å². The maximum Gasteiger partial charge on any atom is 0.175 e. The maximum absolute atomic E-state index is 6.24. The van der Waals surface area contributed by atoms with Crippen LogP contribution in [0.3, 0.4) is 0 Å². The summed E-state index contributed by atoms with van der Waals surface area (Å²) in [5, 5.41) is 4.23. The molecule has 28 heavy (non-hydrogen) atoms. The van der Waals surface area contributed by atoms with E-state index in [1.54, 1.807) is 0 Å². The molecule has 0 saturated carbocycles. The summed E-state index contributed by atoms with van der Waals surface area (Å²) in [6.45, 7) is 7.06. The Labute approximate surface area is 182 Å². The van der Waals surface area contributed by atoms with E-state index in [4.69, 9.17) is 21.1 Å². The van der Waals surface area contributed by atoms with E-state index in [0.717, 1.165) is 28.9 Å². The number of benzene rings is 2. The lowest BCUT2D eigenvalue weighted by molar-refractivity contribution is 0.267. The first-order valence-electron chi connectivity index (χ1n) is 10.2. The Kier molecular flexibility index (Phi) is 10.8. The van der Waals surface area contributed by atoms with E-state index in [1.165, 1.54) is 37.7 Å². The zero-order chi connectivity index (χ0) is 20.2. The van der Waals surface area contributed by atoms with E-state index in [0.29, 0.717) is 24.0 Å². The van der Waals surface area contributed by atoms with Gasteiger partial charge in [-0.2, -0.15) is 0 Å². The van der Waals surface area contributed by atoms with E-state index in [2.05, 4.69) is 40.3 Å². The van der Waals surface area contributed by atoms with Gasteiger partial charge in [-0.05, 0) is 59.6 Å². The van der Waals surface area contributed by atoms with Gasteiger partial charge in [0.1, 0.15) is 6.61 Å². The molecule has 0 aliphatic heterocycles. The summed E-state index contributed by atoms with van der Waals surface area (Å²) in [5.74, 6) is 1.47. The fraction of sp³-hybridized carbons (Fsp3) is 0.478. The standard InChI is InChI=1S/C23H31BrClNO2/c1-3-5-6-7-10-13-26-16-18-14-20(24)23(22(15-18)27-4-2)28-17-19-11-8-9-12-21(19)25/h8-9,11-12,14-15,26H,3-7,10,13,16-17H2,1-2H3. The molecule has 154 valence electrons. The molecule has 0 atom stereocenters. The summed E-state index contributed by atoms with van der Waals surface area (Å²) in [7, 11) is 0. The third-order valence-corrected chi connectivity index (χ3v) is 5.44. The first-order chi connectivity index (χ1) is 13.7. The number of rotatable bonds is 13. The second-order valence-electron chi connectivity index (χ2n) is 6.81. The Bertz CT molecular complexity index is 724. The minimum absolute atomic E-state index is 0.397. The Morgan fingerprint density at radius 3 is 2.54 bits per heavy atom. The molecule has 2 rings (SSSR count). The molecule has 1 N–H and O–H groups in total. The molecule has 0 bridgehead atoms. The molecular formula is C23H31BrClNO2. The molecule has 0 aliphatic rings. The predicted molar refractivity (Wildman–Crippen MR) is 122 cm³/mol. The van der Waals surface area contributed by atoms with Crippen molar-refractivity contribution < 1.29 is 9.47 Å². The molecular weight excluding hydrogens is 438 g/mol. The van der Waals surface area contributed by atoms with E-state index in [1.807, 2.05) is 31.2 Å². The Morgan fingerprint density at radius 2 is 1.79 bits per heavy atom. The van der Waals surface area contributed by atoms with Crippen LogP contribution in [0.2, 0.25) is 5.02 Å². The van der Waals surface area contributed by atoms with E-state index >= 15 is 0 Å². The van der Waals surface area contributed by atoms with E-state index in [9.17, 15) is 0 Å². The number of halogens is 2. The van der Waals surface area contributed by atoms with Crippen LogP contribution in [0.15, 0.2) is 40.9 Å². The highest BCUT2D eigenvalue weighted by atomic mass is 79.9. The summed E-state index contributed by atoms with van der Waals surface area (Å²) in [4.78, 5) is 0. The van der Waals surface area contributed by atoms with Gasteiger partial charge in [0.25, 0.3) is 0 Å². The molecule has 0 heterocycles. The highest BCUT2D eigenvalue weighted by Crippen LogP contribution is 2.37. The van der Waals surface area contributed by atoms with E-state index in [-0.39, 0.29) is 0 Å². The van der Waals surface area contributed by atoms with Crippen molar-refractivity contribution in [3.8, 4) is 11.5 Å². The van der Waals surface area contributed by atoms with Gasteiger partial charge < -0.3 is 14.8 Å². The second-order valence-corrected chi connectivity index (χ2v) is 8.07. The van der Waals surface area contributed by atoms with Crippen molar-refractivity contribution in [2.45, 2.75) is 59.1 Å². The van der Waals surface area contributed by atoms with Crippen LogP contribution in [0.1, 0.15) is 57.1 Å². The quantitative estimate of drug-likeness (QED) is 0.317. The average molecular weight is 469 g/mol. The van der Waals surface area contributed by atoms with Gasteiger partial charge in [-0.3, -0.25) is 0 Å². The molecule has 0 saturated heterocycles. The monoisotopic (exact) mass is 467 g/mol. The number of nitrogens with one attached hydrogen (secondary N) is 1. The third-order valence-electron chi connectivity index (χ3n) is 4.49. The van der Waals surface area contributed by atoms with Crippen molar-refractivity contribution >= 4 is 27.5 Å². The lowest BCUT2D eigenvalue weighted by atomic mass is 10.1. The first-order valence-corrected chi connectivity index (χ1v) is 11.3. The van der Waals surface area contributed by atoms with Crippen molar-refractivity contribution in [1.29, 1.82) is 0 Å². The van der Waals surface area contributed by atoms with Gasteiger partial charge in [0.2, 0.25) is 0 Å². The smallest absolute Gasteiger partial charge is 0.175 e. The third kappa shape index (κ3) is 7.65. The molecule has 0 aromatic heterocycles. The second kappa shape index (κ2) is 13.1. The number of hydrogen-bond acceptors (Lipinski definition) is 3. The van der Waals surface area contributed by atoms with Gasteiger partial charge in [-0.25, -0.2) is 0 Å². The number of unbranched alkanes of at least 4 members (excludes halogenated alkanes) is 4. The van der Waals surface area contributed by atoms with Gasteiger partial charge in [-0.1, -0.05) is 62.4 Å². The molecule has 0 fully saturated rings. The van der Waals surface area contributed by atoms with Crippen LogP contribution in [-0.4, -0.2) is 13.2 Å². The van der Waals surface area contributed by atoms with Crippen LogP contribution >= 0.6 is 27.5 Å². The van der Waals surface area contributed by atoms with Crippen LogP contribution in [0.4, 0.5) is 0 Å². The summed E-state index contributed by atoms with van der Waals surface area (Å²) >= 11 is 9.88. The van der Waals surface area contributed by atoms with Crippen molar-refractivity contribution in [2.24, 2.45) is 0 Å². The molecule has 2 aromatic rings. The zero-order valence-corrected chi connectivity index (χ0v) is 19.2. The predicted octanol–water partition coefficient (Wildman–Crippen LogP) is 7.14. The van der Waals surface area contributed by atoms with Crippen LogP contribution in [0.25, 0.3) is 0 Å². The molecule has 0 spiro atoms. The first kappa shape index (κ1) is 23.1. The molecule has 3 nitrogen and oxygen atoms in total. The average Bonchev–Trinajstić information content (AvgIpc) is 2.68. The highest BCUT2D eigenvalue weighted by Gasteiger charge is 2.13. The molecule has 0 radical (unpaired) electrons. The SMILES string of the molecule is CCCCCCCNCc1cc(Br)c(OCc2ccccc2Cl)c(OCC)c1. The number of ether oxygens (including phenoxy) is 2. The van der Waals surface area contributed by atoms with Crippen molar-refractivity contribution in [1.82, 2.24) is 5.32 Å². The van der Waals surface area contributed by atoms with Crippen molar-refractivity contribution in [2.75, 3.05) is 13.2 Å². The molecule has 5 heteroatoms. The summed E-state index contributed by atoms with van der Waals surface area (Å²) in [6.07, 6.45) is 6.46. The molecule has 2 aromatic carbocycles. The van der Waals surface area contributed by atoms with Crippen LogP contribution in [0, 0.1) is 0 Å². The van der Waals surface area contributed by atoms with Gasteiger partial charge in [0.05, 0.1) is 11.1 Å². The molecule has 0 unspecified atom stereocenters. The summed E-state index contributed by atoms with van der Waals surface area (Å²) < 4.78 is 12.8. The molecule has 0 amide bonds. The largest absolute Gasteiger partial charge is 0.490 e. The fourth-order valence-electron chi connectivity index (χ4n) is 2.98. The van der Waals surface area contributed by atoms with Crippen LogP contribution in [0.5, 0.6) is 11.5 Å². The lowest BCUT2D eigenvalue weighted by Crippen LogP contribution is -2.15. The van der Waals surface area contributed by atoms with Crippen molar-refractivity contribution in [3.63, 3.8) is 0 Å². The Hall–Kier alpha value is -1.23. The minimum atomic E-state index is 0.397. The van der Waals surface area contributed by atoms with E-state index < -0.39 is 0 Å². The Morgan fingerprint density at radius 1 is 1.00 bits per heavy atom. The highest BCUT2D eigenvalue weighted by molar-refractivity contribution is 9.10. The molecule has 0 aliphatic carbocycles. The van der Waals surface area contributed by atoms with Crippen LogP contribution in [-0.2, 0) is 13.2 Å². The lowest BCUT2D eigenvalue weighted by Gasteiger charge is -2.16. The van der Waals surface area contributed by atoms with Gasteiger partial charge in [0.15, 0.2) is 11.5 Å². The Balaban J connectivity index is 1.95. The minimum Gasteiger partial charge on any atom is -0.490 e. The van der Waals surface area contributed by atoms with Gasteiger partial charge >= 0.3 is 0 Å². The zero-order valence-electron chi connectivity index (χ0n) is 16.9. The summed E-state index contributed by atoms with van der Waals surface area (Å²) in [6, 6.07) is 11.9. The van der Waals surface area contributed by atoms with Gasteiger partial charge in [-0.15, -0.1) is 0 Å². The summed E-state index contributed by atoms with van der Waals surface area (Å²) in [5.41, 5.74) is 2.13.